The molecule has 6 nitrogen and oxygen atoms in total. The fraction of sp³-hybridized carbons (Fsp3) is 0.300. The van der Waals surface area contributed by atoms with Crippen LogP contribution in [0.3, 0.4) is 0 Å². The summed E-state index contributed by atoms with van der Waals surface area (Å²) in [6.45, 7) is -0.761. The largest absolute Gasteiger partial charge is 0.490 e. The molecule has 0 bridgehead atoms. The van der Waals surface area contributed by atoms with Gasteiger partial charge in [0.2, 0.25) is 0 Å². The van der Waals surface area contributed by atoms with Crippen LogP contribution in [0.1, 0.15) is 23.6 Å². The number of alkyl halides is 2. The molecule has 2 aromatic rings. The third-order valence-electron chi connectivity index (χ3n) is 3.86. The standard InChI is InChI=1S/C20H21F3N4O2.HI/c1-3-28-17-6-4-5-14(18(17)29-19(22)23)11-26-20(25-2)27-12-15-9-13(10-24)7-8-16(15)21;/h4-9,19H,3,11-12H2,1-2H3,(H2,25,26,27);1H. The summed E-state index contributed by atoms with van der Waals surface area (Å²) in [5.74, 6) is 0.0195. The zero-order valence-electron chi connectivity index (χ0n) is 16.4. The van der Waals surface area contributed by atoms with Gasteiger partial charge >= 0.3 is 6.61 Å². The summed E-state index contributed by atoms with van der Waals surface area (Å²) in [7, 11) is 1.52. The molecule has 0 aliphatic rings. The molecule has 0 aliphatic carbocycles. The highest BCUT2D eigenvalue weighted by atomic mass is 127. The minimum absolute atomic E-state index is 0. The smallest absolute Gasteiger partial charge is 0.387 e. The molecular formula is C20H22F3IN4O2. The second kappa shape index (κ2) is 12.8. The van der Waals surface area contributed by atoms with Crippen molar-refractivity contribution in [3.05, 3.63) is 58.9 Å². The SMILES string of the molecule is CCOc1cccc(CNC(=NC)NCc2cc(C#N)ccc2F)c1OC(F)F.I. The molecule has 2 aromatic carbocycles. The lowest BCUT2D eigenvalue weighted by Crippen LogP contribution is -2.36. The number of hydrogen-bond donors (Lipinski definition) is 2. The van der Waals surface area contributed by atoms with E-state index >= 15 is 0 Å². The van der Waals surface area contributed by atoms with E-state index in [4.69, 9.17) is 10.00 Å². The Labute approximate surface area is 190 Å². The number of nitrogens with one attached hydrogen (secondary N) is 2. The van der Waals surface area contributed by atoms with E-state index in [0.29, 0.717) is 29.3 Å². The van der Waals surface area contributed by atoms with Crippen molar-refractivity contribution in [2.24, 2.45) is 4.99 Å². The van der Waals surface area contributed by atoms with Gasteiger partial charge in [-0.25, -0.2) is 4.39 Å². The number of halogens is 4. The van der Waals surface area contributed by atoms with Gasteiger partial charge < -0.3 is 20.1 Å². The number of hydrogen-bond acceptors (Lipinski definition) is 4. The van der Waals surface area contributed by atoms with Gasteiger partial charge in [0.25, 0.3) is 0 Å². The first-order valence-corrected chi connectivity index (χ1v) is 8.81. The second-order valence-electron chi connectivity index (χ2n) is 5.75. The van der Waals surface area contributed by atoms with Crippen LogP contribution in [0.5, 0.6) is 11.5 Å². The van der Waals surface area contributed by atoms with Crippen LogP contribution in [0, 0.1) is 17.1 Å². The number of nitriles is 1. The number of aliphatic imine (C=N–C) groups is 1. The molecule has 0 saturated carbocycles. The molecule has 0 fully saturated rings. The molecule has 0 saturated heterocycles. The molecule has 2 N–H and O–H groups in total. The quantitative estimate of drug-likeness (QED) is 0.302. The highest BCUT2D eigenvalue weighted by Crippen LogP contribution is 2.32. The van der Waals surface area contributed by atoms with Crippen LogP contribution in [-0.4, -0.2) is 26.2 Å². The van der Waals surface area contributed by atoms with E-state index in [1.54, 1.807) is 25.1 Å². The maximum absolute atomic E-state index is 13.9. The second-order valence-corrected chi connectivity index (χ2v) is 5.75. The number of rotatable bonds is 8. The van der Waals surface area contributed by atoms with E-state index in [1.165, 1.54) is 25.2 Å². The monoisotopic (exact) mass is 534 g/mol. The third kappa shape index (κ3) is 7.29. The summed E-state index contributed by atoms with van der Waals surface area (Å²) >= 11 is 0. The zero-order chi connectivity index (χ0) is 21.2. The summed E-state index contributed by atoms with van der Waals surface area (Å²) < 4.78 is 49.5. The van der Waals surface area contributed by atoms with Crippen molar-refractivity contribution >= 4 is 29.9 Å². The van der Waals surface area contributed by atoms with E-state index in [9.17, 15) is 13.2 Å². The van der Waals surface area contributed by atoms with E-state index < -0.39 is 12.4 Å². The molecule has 30 heavy (non-hydrogen) atoms. The molecule has 0 radical (unpaired) electrons. The van der Waals surface area contributed by atoms with Crippen LogP contribution < -0.4 is 20.1 Å². The van der Waals surface area contributed by atoms with Crippen molar-refractivity contribution in [2.45, 2.75) is 26.6 Å². The summed E-state index contributed by atoms with van der Waals surface area (Å²) in [6.07, 6.45) is 0. The number of guanidine groups is 1. The summed E-state index contributed by atoms with van der Waals surface area (Å²) in [5, 5.41) is 14.8. The number of nitrogens with zero attached hydrogens (tertiary/aromatic N) is 2. The summed E-state index contributed by atoms with van der Waals surface area (Å²) in [5.41, 5.74) is 1.08. The van der Waals surface area contributed by atoms with Crippen LogP contribution in [0.4, 0.5) is 13.2 Å². The van der Waals surface area contributed by atoms with Gasteiger partial charge in [0.05, 0.1) is 18.2 Å². The molecule has 0 heterocycles. The Morgan fingerprint density at radius 3 is 2.47 bits per heavy atom. The van der Waals surface area contributed by atoms with Gasteiger partial charge in [-0.05, 0) is 31.2 Å². The van der Waals surface area contributed by atoms with Gasteiger partial charge in [0, 0.05) is 31.3 Å². The van der Waals surface area contributed by atoms with Crippen molar-refractivity contribution in [3.63, 3.8) is 0 Å². The first kappa shape index (κ1) is 25.4. The van der Waals surface area contributed by atoms with E-state index in [2.05, 4.69) is 20.4 Å². The number of benzene rings is 2. The number of para-hydroxylation sites is 1. The normalized spacial score (nSPS) is 10.8. The Morgan fingerprint density at radius 2 is 1.87 bits per heavy atom. The lowest BCUT2D eigenvalue weighted by Gasteiger charge is -2.17. The Balaban J connectivity index is 0.00000450. The topological polar surface area (TPSA) is 78.7 Å². The Bertz CT molecular complexity index is 904. The van der Waals surface area contributed by atoms with Crippen molar-refractivity contribution < 1.29 is 22.6 Å². The minimum atomic E-state index is -3.00. The Kier molecular flexibility index (Phi) is 10.8. The Hall–Kier alpha value is -2.68. The first-order chi connectivity index (χ1) is 14.0. The third-order valence-corrected chi connectivity index (χ3v) is 3.86. The van der Waals surface area contributed by atoms with E-state index in [-0.39, 0.29) is 48.6 Å². The van der Waals surface area contributed by atoms with Gasteiger partial charge in [-0.1, -0.05) is 12.1 Å². The van der Waals surface area contributed by atoms with Crippen molar-refractivity contribution in [1.29, 1.82) is 5.26 Å². The van der Waals surface area contributed by atoms with Crippen LogP contribution >= 0.6 is 24.0 Å². The summed E-state index contributed by atoms with van der Waals surface area (Å²) in [6, 6.07) is 10.8. The average Bonchev–Trinajstić information content (AvgIpc) is 2.71. The van der Waals surface area contributed by atoms with Crippen LogP contribution in [0.2, 0.25) is 0 Å². The predicted octanol–water partition coefficient (Wildman–Crippen LogP) is 4.18. The molecule has 0 aromatic heterocycles. The maximum atomic E-state index is 13.9. The van der Waals surface area contributed by atoms with E-state index in [1.807, 2.05) is 6.07 Å². The fourth-order valence-electron chi connectivity index (χ4n) is 2.55. The molecule has 0 unspecified atom stereocenters. The van der Waals surface area contributed by atoms with Gasteiger partial charge in [0.1, 0.15) is 5.82 Å². The van der Waals surface area contributed by atoms with Gasteiger partial charge in [-0.2, -0.15) is 14.0 Å². The first-order valence-electron chi connectivity index (χ1n) is 8.81. The molecule has 10 heteroatoms. The van der Waals surface area contributed by atoms with Crippen molar-refractivity contribution in [1.82, 2.24) is 10.6 Å². The molecule has 2 rings (SSSR count). The molecular weight excluding hydrogens is 512 g/mol. The molecule has 0 spiro atoms. The van der Waals surface area contributed by atoms with Gasteiger partial charge in [-0.15, -0.1) is 24.0 Å². The van der Waals surface area contributed by atoms with Gasteiger partial charge in [-0.3, -0.25) is 4.99 Å². The van der Waals surface area contributed by atoms with Crippen LogP contribution in [0.15, 0.2) is 41.4 Å². The van der Waals surface area contributed by atoms with Gasteiger partial charge in [0.15, 0.2) is 17.5 Å². The summed E-state index contributed by atoms with van der Waals surface area (Å²) in [4.78, 5) is 4.03. The molecule has 0 amide bonds. The molecule has 162 valence electrons. The van der Waals surface area contributed by atoms with Crippen molar-refractivity contribution in [3.8, 4) is 17.6 Å². The van der Waals surface area contributed by atoms with Crippen LogP contribution in [0.25, 0.3) is 0 Å². The molecule has 0 aliphatic heterocycles. The lowest BCUT2D eigenvalue weighted by atomic mass is 10.1. The zero-order valence-corrected chi connectivity index (χ0v) is 18.7. The fourth-order valence-corrected chi connectivity index (χ4v) is 2.55. The van der Waals surface area contributed by atoms with Crippen LogP contribution in [-0.2, 0) is 13.1 Å². The Morgan fingerprint density at radius 1 is 1.17 bits per heavy atom. The highest BCUT2D eigenvalue weighted by molar-refractivity contribution is 14.0. The molecule has 0 atom stereocenters. The lowest BCUT2D eigenvalue weighted by molar-refractivity contribution is -0.0520. The number of ether oxygens (including phenoxy) is 2. The highest BCUT2D eigenvalue weighted by Gasteiger charge is 2.16. The van der Waals surface area contributed by atoms with E-state index in [0.717, 1.165) is 0 Å². The average molecular weight is 534 g/mol. The van der Waals surface area contributed by atoms with Crippen molar-refractivity contribution in [2.75, 3.05) is 13.7 Å². The maximum Gasteiger partial charge on any atom is 0.387 e. The minimum Gasteiger partial charge on any atom is -0.490 e. The predicted molar refractivity (Wildman–Crippen MR) is 118 cm³/mol.